The molecule has 3 aromatic carbocycles. The van der Waals surface area contributed by atoms with Crippen molar-refractivity contribution in [3.05, 3.63) is 94.8 Å². The molecule has 0 saturated heterocycles. The lowest BCUT2D eigenvalue weighted by Gasteiger charge is -2.23. The maximum atomic E-state index is 13.5. The highest BCUT2D eigenvalue weighted by Gasteiger charge is 2.35. The Morgan fingerprint density at radius 2 is 1.67 bits per heavy atom. The van der Waals surface area contributed by atoms with Crippen molar-refractivity contribution in [3.63, 3.8) is 0 Å². The second-order valence-corrected chi connectivity index (χ2v) is 8.88. The van der Waals surface area contributed by atoms with Crippen LogP contribution in [0.15, 0.2) is 76.5 Å². The standard InChI is InChI=1S/C23H18FNO4S/c1-2-25(14-15-6-5-7-17(24)12-15)23(27)16-10-11-19-21(13-16)30(28,29)20-9-4-3-8-18(20)22(19)26/h3-13H,2,14H2,1H3. The summed E-state index contributed by atoms with van der Waals surface area (Å²) in [5, 5.41) is 0. The summed E-state index contributed by atoms with van der Waals surface area (Å²) in [4.78, 5) is 27.1. The SMILES string of the molecule is CCN(Cc1cccc(F)c1)C(=O)c1ccc2c(c1)S(=O)(=O)c1ccccc1C2=O. The van der Waals surface area contributed by atoms with Crippen molar-refractivity contribution in [2.75, 3.05) is 6.54 Å². The molecule has 0 aliphatic carbocycles. The Hall–Kier alpha value is -3.32. The van der Waals surface area contributed by atoms with E-state index in [-0.39, 0.29) is 38.8 Å². The van der Waals surface area contributed by atoms with E-state index in [1.165, 1.54) is 47.4 Å². The summed E-state index contributed by atoms with van der Waals surface area (Å²) in [6.45, 7) is 2.31. The molecular weight excluding hydrogens is 405 g/mol. The lowest BCUT2D eigenvalue weighted by molar-refractivity contribution is 0.0751. The number of carbonyl (C=O) groups excluding carboxylic acids is 2. The highest BCUT2D eigenvalue weighted by Crippen LogP contribution is 2.35. The number of fused-ring (bicyclic) bond motifs is 2. The number of sulfone groups is 1. The van der Waals surface area contributed by atoms with Crippen molar-refractivity contribution in [2.45, 2.75) is 23.3 Å². The average molecular weight is 423 g/mol. The Morgan fingerprint density at radius 1 is 0.933 bits per heavy atom. The van der Waals surface area contributed by atoms with Crippen LogP contribution in [-0.4, -0.2) is 31.6 Å². The Bertz CT molecular complexity index is 1280. The van der Waals surface area contributed by atoms with Gasteiger partial charge in [-0.25, -0.2) is 12.8 Å². The number of ketones is 1. The Labute approximate surface area is 173 Å². The second kappa shape index (κ2) is 7.50. The van der Waals surface area contributed by atoms with E-state index in [2.05, 4.69) is 0 Å². The third kappa shape index (κ3) is 3.31. The fourth-order valence-electron chi connectivity index (χ4n) is 3.58. The lowest BCUT2D eigenvalue weighted by Crippen LogP contribution is -2.31. The zero-order valence-corrected chi connectivity index (χ0v) is 16.9. The van der Waals surface area contributed by atoms with Gasteiger partial charge in [-0.2, -0.15) is 0 Å². The Morgan fingerprint density at radius 3 is 2.40 bits per heavy atom. The molecule has 152 valence electrons. The van der Waals surface area contributed by atoms with E-state index in [0.717, 1.165) is 0 Å². The minimum absolute atomic E-state index is 0.0541. The van der Waals surface area contributed by atoms with E-state index in [0.29, 0.717) is 12.1 Å². The molecule has 0 N–H and O–H groups in total. The summed E-state index contributed by atoms with van der Waals surface area (Å²) < 4.78 is 39.6. The summed E-state index contributed by atoms with van der Waals surface area (Å²) >= 11 is 0. The fourth-order valence-corrected chi connectivity index (χ4v) is 5.26. The molecule has 0 fully saturated rings. The summed E-state index contributed by atoms with van der Waals surface area (Å²) in [5.41, 5.74) is 0.964. The van der Waals surface area contributed by atoms with Gasteiger partial charge in [0.15, 0.2) is 5.78 Å². The third-order valence-electron chi connectivity index (χ3n) is 5.12. The minimum atomic E-state index is -3.93. The van der Waals surface area contributed by atoms with E-state index in [4.69, 9.17) is 0 Å². The zero-order chi connectivity index (χ0) is 21.5. The zero-order valence-electron chi connectivity index (χ0n) is 16.1. The summed E-state index contributed by atoms with van der Waals surface area (Å²) in [5.74, 6) is -1.18. The van der Waals surface area contributed by atoms with Crippen LogP contribution in [-0.2, 0) is 16.4 Å². The number of hydrogen-bond donors (Lipinski definition) is 0. The monoisotopic (exact) mass is 423 g/mol. The highest BCUT2D eigenvalue weighted by molar-refractivity contribution is 7.91. The van der Waals surface area contributed by atoms with Gasteiger partial charge in [-0.3, -0.25) is 9.59 Å². The van der Waals surface area contributed by atoms with Gasteiger partial charge >= 0.3 is 0 Å². The van der Waals surface area contributed by atoms with Gasteiger partial charge in [0.2, 0.25) is 9.84 Å². The van der Waals surface area contributed by atoms with E-state index < -0.39 is 21.6 Å². The van der Waals surface area contributed by atoms with Crippen LogP contribution in [0.1, 0.15) is 38.8 Å². The molecule has 1 aliphatic heterocycles. The lowest BCUT2D eigenvalue weighted by atomic mass is 10.0. The number of benzene rings is 3. The molecule has 0 unspecified atom stereocenters. The molecule has 0 saturated carbocycles. The molecule has 7 heteroatoms. The Kier molecular flexibility index (Phi) is 4.99. The highest BCUT2D eigenvalue weighted by atomic mass is 32.2. The number of carbonyl (C=O) groups is 2. The first-order valence-corrected chi connectivity index (χ1v) is 10.9. The van der Waals surface area contributed by atoms with Gasteiger partial charge in [0.25, 0.3) is 5.91 Å². The van der Waals surface area contributed by atoms with Gasteiger partial charge in [-0.05, 0) is 55.0 Å². The van der Waals surface area contributed by atoms with Crippen molar-refractivity contribution in [2.24, 2.45) is 0 Å². The minimum Gasteiger partial charge on any atom is -0.335 e. The Balaban J connectivity index is 1.72. The van der Waals surface area contributed by atoms with Crippen LogP contribution in [0.4, 0.5) is 4.39 Å². The number of rotatable bonds is 4. The number of halogens is 1. The second-order valence-electron chi connectivity index (χ2n) is 6.99. The van der Waals surface area contributed by atoms with Crippen molar-refractivity contribution in [1.29, 1.82) is 0 Å². The van der Waals surface area contributed by atoms with Crippen LogP contribution in [0, 0.1) is 5.82 Å². The van der Waals surface area contributed by atoms with Gasteiger partial charge < -0.3 is 4.90 Å². The summed E-state index contributed by atoms with van der Waals surface area (Å²) in [6.07, 6.45) is 0. The van der Waals surface area contributed by atoms with Crippen molar-refractivity contribution >= 4 is 21.5 Å². The number of hydrogen-bond acceptors (Lipinski definition) is 4. The van der Waals surface area contributed by atoms with Crippen LogP contribution in [0.2, 0.25) is 0 Å². The van der Waals surface area contributed by atoms with Crippen LogP contribution in [0.3, 0.4) is 0 Å². The molecule has 1 heterocycles. The fraction of sp³-hybridized carbons (Fsp3) is 0.130. The first-order chi connectivity index (χ1) is 14.3. The van der Waals surface area contributed by atoms with Gasteiger partial charge in [-0.15, -0.1) is 0 Å². The van der Waals surface area contributed by atoms with E-state index in [9.17, 15) is 22.4 Å². The van der Waals surface area contributed by atoms with Crippen LogP contribution >= 0.6 is 0 Å². The van der Waals surface area contributed by atoms with Gasteiger partial charge in [0, 0.05) is 29.8 Å². The largest absolute Gasteiger partial charge is 0.335 e. The molecule has 0 radical (unpaired) electrons. The maximum absolute atomic E-state index is 13.5. The molecular formula is C23H18FNO4S. The molecule has 0 spiro atoms. The molecule has 4 rings (SSSR count). The number of amides is 1. The molecule has 5 nitrogen and oxygen atoms in total. The molecule has 1 amide bonds. The van der Waals surface area contributed by atoms with E-state index >= 15 is 0 Å². The summed E-state index contributed by atoms with van der Waals surface area (Å²) in [6, 6.07) is 16.1. The molecule has 30 heavy (non-hydrogen) atoms. The van der Waals surface area contributed by atoms with Crippen LogP contribution in [0.5, 0.6) is 0 Å². The quantitative estimate of drug-likeness (QED) is 0.500. The molecule has 0 atom stereocenters. The van der Waals surface area contributed by atoms with Gasteiger partial charge in [0.05, 0.1) is 9.79 Å². The van der Waals surface area contributed by atoms with Crippen molar-refractivity contribution < 1.29 is 22.4 Å². The van der Waals surface area contributed by atoms with Crippen LogP contribution < -0.4 is 0 Å². The van der Waals surface area contributed by atoms with Gasteiger partial charge in [-0.1, -0.05) is 24.3 Å². The van der Waals surface area contributed by atoms with Crippen LogP contribution in [0.25, 0.3) is 0 Å². The topological polar surface area (TPSA) is 71.5 Å². The first-order valence-electron chi connectivity index (χ1n) is 9.39. The average Bonchev–Trinajstić information content (AvgIpc) is 2.75. The normalized spacial score (nSPS) is 14.0. The smallest absolute Gasteiger partial charge is 0.254 e. The first kappa shape index (κ1) is 20.0. The van der Waals surface area contributed by atoms with Gasteiger partial charge in [0.1, 0.15) is 5.82 Å². The predicted molar refractivity (Wildman–Crippen MR) is 109 cm³/mol. The van der Waals surface area contributed by atoms with Crippen molar-refractivity contribution in [3.8, 4) is 0 Å². The molecule has 1 aliphatic rings. The third-order valence-corrected chi connectivity index (χ3v) is 6.97. The van der Waals surface area contributed by atoms with E-state index in [1.807, 2.05) is 0 Å². The predicted octanol–water partition coefficient (Wildman–Crippen LogP) is 3.87. The number of nitrogens with zero attached hydrogens (tertiary/aromatic N) is 1. The molecule has 0 bridgehead atoms. The maximum Gasteiger partial charge on any atom is 0.254 e. The van der Waals surface area contributed by atoms with Crippen molar-refractivity contribution in [1.82, 2.24) is 4.90 Å². The molecule has 0 aromatic heterocycles. The van der Waals surface area contributed by atoms with E-state index in [1.54, 1.807) is 31.2 Å². The molecule has 3 aromatic rings. The summed E-state index contributed by atoms with van der Waals surface area (Å²) in [7, 11) is -3.93.